The van der Waals surface area contributed by atoms with E-state index in [9.17, 15) is 8.42 Å². The number of hydrogen-bond acceptors (Lipinski definition) is 5. The fourth-order valence-electron chi connectivity index (χ4n) is 2.75. The minimum absolute atomic E-state index is 0.144. The van der Waals surface area contributed by atoms with Gasteiger partial charge in [0.05, 0.1) is 10.6 Å². The summed E-state index contributed by atoms with van der Waals surface area (Å²) >= 11 is 1.44. The molecule has 3 rings (SSSR count). The fraction of sp³-hybridized carbons (Fsp3) is 0.471. The summed E-state index contributed by atoms with van der Waals surface area (Å²) in [7, 11) is -3.58. The van der Waals surface area contributed by atoms with E-state index in [0.29, 0.717) is 5.13 Å². The van der Waals surface area contributed by atoms with E-state index < -0.39 is 10.0 Å². The molecule has 1 aliphatic heterocycles. The van der Waals surface area contributed by atoms with Crippen molar-refractivity contribution in [2.24, 2.45) is 0 Å². The highest BCUT2D eigenvalue weighted by atomic mass is 32.2. The number of aromatic nitrogens is 1. The molecule has 2 aromatic rings. The average molecular weight is 366 g/mol. The Balaban J connectivity index is 1.80. The first-order valence-electron chi connectivity index (χ1n) is 8.13. The van der Waals surface area contributed by atoms with Crippen LogP contribution in [0.2, 0.25) is 0 Å². The smallest absolute Gasteiger partial charge is 0.263 e. The van der Waals surface area contributed by atoms with Crippen LogP contribution in [0, 0.1) is 0 Å². The lowest BCUT2D eigenvalue weighted by Crippen LogP contribution is -2.45. The molecule has 0 bridgehead atoms. The molecule has 1 N–H and O–H groups in total. The number of thiazole rings is 1. The Morgan fingerprint density at radius 1 is 1.29 bits per heavy atom. The third-order valence-electron chi connectivity index (χ3n) is 4.73. The Morgan fingerprint density at radius 3 is 2.67 bits per heavy atom. The van der Waals surface area contributed by atoms with Gasteiger partial charge in [0.15, 0.2) is 5.13 Å². The monoisotopic (exact) mass is 365 g/mol. The molecule has 5 nitrogen and oxygen atoms in total. The molecule has 2 heterocycles. The maximum absolute atomic E-state index is 12.4. The van der Waals surface area contributed by atoms with Crippen LogP contribution in [0.3, 0.4) is 0 Å². The van der Waals surface area contributed by atoms with Crippen molar-refractivity contribution in [1.29, 1.82) is 0 Å². The van der Waals surface area contributed by atoms with Crippen molar-refractivity contribution in [2.45, 2.75) is 50.6 Å². The van der Waals surface area contributed by atoms with Gasteiger partial charge in [-0.3, -0.25) is 9.62 Å². The normalized spacial score (nSPS) is 16.0. The summed E-state index contributed by atoms with van der Waals surface area (Å²) in [5.74, 6) is 0. The third kappa shape index (κ3) is 3.48. The molecular weight excluding hydrogens is 342 g/mol. The van der Waals surface area contributed by atoms with Gasteiger partial charge in [-0.2, -0.15) is 0 Å². The van der Waals surface area contributed by atoms with Crippen LogP contribution in [-0.4, -0.2) is 30.4 Å². The number of anilines is 1. The van der Waals surface area contributed by atoms with E-state index >= 15 is 0 Å². The van der Waals surface area contributed by atoms with E-state index in [-0.39, 0.29) is 10.4 Å². The molecule has 1 aliphatic rings. The van der Waals surface area contributed by atoms with E-state index in [4.69, 9.17) is 0 Å². The minimum atomic E-state index is -3.58. The highest BCUT2D eigenvalue weighted by molar-refractivity contribution is 7.93. The molecule has 0 saturated heterocycles. The molecule has 0 amide bonds. The first-order valence-corrected chi connectivity index (χ1v) is 10.4. The molecule has 0 spiro atoms. The predicted molar refractivity (Wildman–Crippen MR) is 97.8 cm³/mol. The number of nitrogens with zero attached hydrogens (tertiary/aromatic N) is 2. The fourth-order valence-corrected chi connectivity index (χ4v) is 5.03. The molecule has 130 valence electrons. The Hall–Kier alpha value is -1.44. The second-order valence-corrected chi connectivity index (χ2v) is 9.41. The number of hydrogen-bond donors (Lipinski definition) is 1. The number of benzene rings is 1. The first kappa shape index (κ1) is 17.4. The van der Waals surface area contributed by atoms with Crippen LogP contribution in [-0.2, 0) is 23.0 Å². The van der Waals surface area contributed by atoms with Gasteiger partial charge in [0.2, 0.25) is 0 Å². The molecule has 0 fully saturated rings. The molecule has 1 aromatic heterocycles. The minimum Gasteiger partial charge on any atom is -0.293 e. The topological polar surface area (TPSA) is 62.3 Å². The van der Waals surface area contributed by atoms with Gasteiger partial charge >= 0.3 is 0 Å². The number of sulfonamides is 1. The zero-order chi connectivity index (χ0) is 17.4. The van der Waals surface area contributed by atoms with Crippen molar-refractivity contribution in [3.8, 4) is 0 Å². The average Bonchev–Trinajstić information content (AvgIpc) is 2.96. The molecular formula is C17H23N3O2S2. The van der Waals surface area contributed by atoms with E-state index in [1.807, 2.05) is 0 Å². The standard InChI is InChI=1S/C17H23N3O2S2/c1-4-17(2,3)20-11-10-14-15(12-20)23-16(18-14)19-24(21,22)13-8-6-5-7-9-13/h5-9H,4,10-12H2,1-3H3,(H,18,19). The SMILES string of the molecule is CCC(C)(C)N1CCc2nc(NS(=O)(=O)c3ccccc3)sc2C1. The predicted octanol–water partition coefficient (Wildman–Crippen LogP) is 3.49. The molecule has 7 heteroatoms. The quantitative estimate of drug-likeness (QED) is 0.881. The summed E-state index contributed by atoms with van der Waals surface area (Å²) in [4.78, 5) is 8.37. The summed E-state index contributed by atoms with van der Waals surface area (Å²) in [6.07, 6.45) is 1.94. The number of fused-ring (bicyclic) bond motifs is 1. The van der Waals surface area contributed by atoms with Gasteiger partial charge in [0, 0.05) is 29.9 Å². The maximum Gasteiger partial charge on any atom is 0.263 e. The molecule has 0 unspecified atom stereocenters. The highest BCUT2D eigenvalue weighted by Gasteiger charge is 2.30. The van der Waals surface area contributed by atoms with Crippen LogP contribution in [0.25, 0.3) is 0 Å². The summed E-state index contributed by atoms with van der Waals surface area (Å²) < 4.78 is 27.5. The van der Waals surface area contributed by atoms with Gasteiger partial charge in [-0.05, 0) is 32.4 Å². The van der Waals surface area contributed by atoms with Crippen LogP contribution in [0.15, 0.2) is 35.2 Å². The van der Waals surface area contributed by atoms with E-state index in [2.05, 4.69) is 35.4 Å². The Labute approximate surface area is 147 Å². The van der Waals surface area contributed by atoms with Crippen molar-refractivity contribution in [3.05, 3.63) is 40.9 Å². The van der Waals surface area contributed by atoms with Crippen molar-refractivity contribution in [3.63, 3.8) is 0 Å². The molecule has 0 aliphatic carbocycles. The summed E-state index contributed by atoms with van der Waals surface area (Å²) in [5.41, 5.74) is 1.17. The van der Waals surface area contributed by atoms with Gasteiger partial charge < -0.3 is 0 Å². The first-order chi connectivity index (χ1) is 11.3. The van der Waals surface area contributed by atoms with Crippen molar-refractivity contribution >= 4 is 26.5 Å². The number of rotatable bonds is 5. The second-order valence-electron chi connectivity index (χ2n) is 6.64. The zero-order valence-corrected chi connectivity index (χ0v) is 15.9. The largest absolute Gasteiger partial charge is 0.293 e. The summed E-state index contributed by atoms with van der Waals surface area (Å²) in [6.45, 7) is 8.49. The van der Waals surface area contributed by atoms with E-state index in [0.717, 1.165) is 36.5 Å². The van der Waals surface area contributed by atoms with Crippen molar-refractivity contribution in [2.75, 3.05) is 11.3 Å². The van der Waals surface area contributed by atoms with E-state index in [1.165, 1.54) is 11.3 Å². The molecule has 0 radical (unpaired) electrons. The molecule has 24 heavy (non-hydrogen) atoms. The van der Waals surface area contributed by atoms with Gasteiger partial charge in [-0.25, -0.2) is 13.4 Å². The molecule has 1 aromatic carbocycles. The number of nitrogens with one attached hydrogen (secondary N) is 1. The molecule has 0 saturated carbocycles. The van der Waals surface area contributed by atoms with Crippen molar-refractivity contribution in [1.82, 2.24) is 9.88 Å². The van der Waals surface area contributed by atoms with Crippen LogP contribution in [0.1, 0.15) is 37.8 Å². The zero-order valence-electron chi connectivity index (χ0n) is 14.2. The van der Waals surface area contributed by atoms with Crippen LogP contribution in [0.4, 0.5) is 5.13 Å². The van der Waals surface area contributed by atoms with Gasteiger partial charge in [-0.15, -0.1) is 0 Å². The third-order valence-corrected chi connectivity index (χ3v) is 7.21. The Morgan fingerprint density at radius 2 is 2.00 bits per heavy atom. The van der Waals surface area contributed by atoms with Crippen LogP contribution >= 0.6 is 11.3 Å². The lowest BCUT2D eigenvalue weighted by molar-refractivity contribution is 0.101. The lowest BCUT2D eigenvalue weighted by atomic mass is 9.97. The van der Waals surface area contributed by atoms with Crippen molar-refractivity contribution < 1.29 is 8.42 Å². The van der Waals surface area contributed by atoms with E-state index in [1.54, 1.807) is 30.3 Å². The molecule has 0 atom stereocenters. The Bertz CT molecular complexity index is 814. The highest BCUT2D eigenvalue weighted by Crippen LogP contribution is 2.33. The van der Waals surface area contributed by atoms with Crippen LogP contribution in [0.5, 0.6) is 0 Å². The van der Waals surface area contributed by atoms with Gasteiger partial charge in [0.25, 0.3) is 10.0 Å². The second kappa shape index (κ2) is 6.46. The lowest BCUT2D eigenvalue weighted by Gasteiger charge is -2.39. The summed E-state index contributed by atoms with van der Waals surface area (Å²) in [6, 6.07) is 8.40. The van der Waals surface area contributed by atoms with Crippen LogP contribution < -0.4 is 4.72 Å². The maximum atomic E-state index is 12.4. The van der Waals surface area contributed by atoms with Gasteiger partial charge in [-0.1, -0.05) is 36.5 Å². The summed E-state index contributed by atoms with van der Waals surface area (Å²) in [5, 5.41) is 0.458. The van der Waals surface area contributed by atoms with Gasteiger partial charge in [0.1, 0.15) is 0 Å². The Kier molecular flexibility index (Phi) is 4.68.